The molecule has 1 N–H and O–H groups in total. The first-order chi connectivity index (χ1) is 14.9. The van der Waals surface area contributed by atoms with Crippen molar-refractivity contribution in [1.82, 2.24) is 14.8 Å². The maximum Gasteiger partial charge on any atom is 0.295 e. The Hall–Kier alpha value is -3.39. The Morgan fingerprint density at radius 3 is 2.52 bits per heavy atom. The van der Waals surface area contributed by atoms with E-state index >= 15 is 0 Å². The molecule has 2 aromatic rings. The van der Waals surface area contributed by atoms with Crippen LogP contribution >= 0.6 is 0 Å². The molecule has 8 nitrogen and oxygen atoms in total. The largest absolute Gasteiger partial charge is 0.507 e. The van der Waals surface area contributed by atoms with Crippen LogP contribution in [0.4, 0.5) is 0 Å². The lowest BCUT2D eigenvalue weighted by Gasteiger charge is -2.25. The van der Waals surface area contributed by atoms with Crippen LogP contribution in [0.1, 0.15) is 23.6 Å². The molecular weight excluding hydrogens is 398 g/mol. The summed E-state index contributed by atoms with van der Waals surface area (Å²) in [4.78, 5) is 33.5. The first kappa shape index (κ1) is 22.3. The average Bonchev–Trinajstić information content (AvgIpc) is 3.03. The van der Waals surface area contributed by atoms with Crippen molar-refractivity contribution in [2.24, 2.45) is 0 Å². The number of hydrogen-bond donors (Lipinski definition) is 1. The van der Waals surface area contributed by atoms with E-state index in [1.54, 1.807) is 42.7 Å². The number of likely N-dealkylation sites (tertiary alicyclic amines) is 1. The van der Waals surface area contributed by atoms with Crippen LogP contribution in [0.15, 0.2) is 48.3 Å². The van der Waals surface area contributed by atoms with E-state index < -0.39 is 17.7 Å². The molecule has 0 unspecified atom stereocenters. The maximum absolute atomic E-state index is 13.0. The molecule has 1 atom stereocenters. The van der Waals surface area contributed by atoms with Gasteiger partial charge < -0.3 is 24.4 Å². The minimum Gasteiger partial charge on any atom is -0.507 e. The number of carbonyl (C=O) groups is 2. The second-order valence-electron chi connectivity index (χ2n) is 7.51. The van der Waals surface area contributed by atoms with Crippen molar-refractivity contribution in [3.05, 3.63) is 59.4 Å². The number of benzene rings is 1. The first-order valence-corrected chi connectivity index (χ1v) is 9.94. The standard InChI is InChI=1S/C23H27N3O5/c1-25(2)11-6-12-26-20(16-7-5-10-24-14-16)19(22(28)23(26)29)21(27)15-8-9-17(30-3)18(13-15)31-4/h5,7-10,13-14,20,27H,6,11-12H2,1-4H3/t20-/m0/s1. The second kappa shape index (κ2) is 9.61. The lowest BCUT2D eigenvalue weighted by Crippen LogP contribution is -2.32. The van der Waals surface area contributed by atoms with E-state index in [-0.39, 0.29) is 11.3 Å². The topological polar surface area (TPSA) is 92.2 Å². The van der Waals surface area contributed by atoms with Gasteiger partial charge in [0.05, 0.1) is 25.8 Å². The van der Waals surface area contributed by atoms with E-state index in [2.05, 4.69) is 4.98 Å². The Balaban J connectivity index is 2.09. The molecule has 0 radical (unpaired) electrons. The van der Waals surface area contributed by atoms with Crippen LogP contribution in [0.25, 0.3) is 5.76 Å². The summed E-state index contributed by atoms with van der Waals surface area (Å²) in [6, 6.07) is 7.66. The Bertz CT molecular complexity index is 988. The van der Waals surface area contributed by atoms with Gasteiger partial charge in [0, 0.05) is 24.5 Å². The molecule has 0 spiro atoms. The number of methoxy groups -OCH3 is 2. The Kier molecular flexibility index (Phi) is 6.91. The summed E-state index contributed by atoms with van der Waals surface area (Å²) in [5.41, 5.74) is 1.06. The summed E-state index contributed by atoms with van der Waals surface area (Å²) in [6.45, 7) is 1.14. The number of Topliss-reactive ketones (excluding diaryl/α,β-unsaturated/α-hetero) is 1. The lowest BCUT2D eigenvalue weighted by molar-refractivity contribution is -0.139. The van der Waals surface area contributed by atoms with E-state index in [1.807, 2.05) is 19.0 Å². The molecule has 3 rings (SSSR count). The van der Waals surface area contributed by atoms with Crippen molar-refractivity contribution in [3.8, 4) is 11.5 Å². The summed E-state index contributed by atoms with van der Waals surface area (Å²) >= 11 is 0. The van der Waals surface area contributed by atoms with Gasteiger partial charge >= 0.3 is 0 Å². The number of ketones is 1. The number of aromatic nitrogens is 1. The summed E-state index contributed by atoms with van der Waals surface area (Å²) in [7, 11) is 6.90. The zero-order valence-electron chi connectivity index (χ0n) is 18.2. The van der Waals surface area contributed by atoms with Gasteiger partial charge in [0.25, 0.3) is 11.7 Å². The maximum atomic E-state index is 13.0. The molecule has 1 aliphatic heterocycles. The quantitative estimate of drug-likeness (QED) is 0.395. The molecule has 8 heteroatoms. The number of hydrogen-bond acceptors (Lipinski definition) is 7. The van der Waals surface area contributed by atoms with Crippen molar-refractivity contribution >= 4 is 17.4 Å². The van der Waals surface area contributed by atoms with Gasteiger partial charge in [0.2, 0.25) is 0 Å². The van der Waals surface area contributed by atoms with Gasteiger partial charge in [-0.25, -0.2) is 0 Å². The van der Waals surface area contributed by atoms with Crippen LogP contribution in [0.2, 0.25) is 0 Å². The van der Waals surface area contributed by atoms with Gasteiger partial charge in [0.1, 0.15) is 5.76 Å². The van der Waals surface area contributed by atoms with E-state index in [4.69, 9.17) is 9.47 Å². The molecule has 1 aromatic heterocycles. The zero-order valence-corrected chi connectivity index (χ0v) is 18.2. The van der Waals surface area contributed by atoms with Gasteiger partial charge in [-0.05, 0) is 56.9 Å². The van der Waals surface area contributed by atoms with Crippen molar-refractivity contribution < 1.29 is 24.2 Å². The molecule has 1 aliphatic rings. The number of nitrogens with zero attached hydrogens (tertiary/aromatic N) is 3. The highest BCUT2D eigenvalue weighted by atomic mass is 16.5. The molecule has 1 aromatic carbocycles. The third kappa shape index (κ3) is 4.54. The number of carbonyl (C=O) groups excluding carboxylic acids is 2. The van der Waals surface area contributed by atoms with Crippen LogP contribution in [-0.4, -0.2) is 73.0 Å². The predicted octanol–water partition coefficient (Wildman–Crippen LogP) is 2.47. The van der Waals surface area contributed by atoms with Crippen molar-refractivity contribution in [1.29, 1.82) is 0 Å². The number of aliphatic hydroxyl groups is 1. The SMILES string of the molecule is COc1ccc(C(O)=C2C(=O)C(=O)N(CCCN(C)C)[C@H]2c2cccnc2)cc1OC. The fourth-order valence-electron chi connectivity index (χ4n) is 3.69. The van der Waals surface area contributed by atoms with Crippen molar-refractivity contribution in [3.63, 3.8) is 0 Å². The van der Waals surface area contributed by atoms with Gasteiger partial charge in [-0.15, -0.1) is 0 Å². The molecule has 164 valence electrons. The third-order valence-corrected chi connectivity index (χ3v) is 5.20. The fraction of sp³-hybridized carbons (Fsp3) is 0.348. The molecule has 0 aliphatic carbocycles. The highest BCUT2D eigenvalue weighted by Gasteiger charge is 2.45. The molecule has 1 fully saturated rings. The third-order valence-electron chi connectivity index (χ3n) is 5.20. The van der Waals surface area contributed by atoms with Crippen LogP contribution in [0.5, 0.6) is 11.5 Å². The van der Waals surface area contributed by atoms with E-state index in [9.17, 15) is 14.7 Å². The minimum absolute atomic E-state index is 0.0371. The smallest absolute Gasteiger partial charge is 0.295 e. The normalized spacial score (nSPS) is 18.0. The monoisotopic (exact) mass is 425 g/mol. The highest BCUT2D eigenvalue weighted by Crippen LogP contribution is 2.40. The van der Waals surface area contributed by atoms with Crippen LogP contribution < -0.4 is 9.47 Å². The van der Waals surface area contributed by atoms with Crippen LogP contribution in [0, 0.1) is 0 Å². The van der Waals surface area contributed by atoms with Gasteiger partial charge in [-0.1, -0.05) is 6.07 Å². The van der Waals surface area contributed by atoms with Crippen LogP contribution in [-0.2, 0) is 9.59 Å². The lowest BCUT2D eigenvalue weighted by atomic mass is 9.96. The molecular formula is C23H27N3O5. The van der Waals surface area contributed by atoms with E-state index in [1.165, 1.54) is 19.1 Å². The summed E-state index contributed by atoms with van der Waals surface area (Å²) in [5, 5.41) is 11.1. The number of pyridine rings is 1. The van der Waals surface area contributed by atoms with Crippen molar-refractivity contribution in [2.75, 3.05) is 41.4 Å². The van der Waals surface area contributed by atoms with Crippen LogP contribution in [0.3, 0.4) is 0 Å². The molecule has 31 heavy (non-hydrogen) atoms. The molecule has 1 saturated heterocycles. The summed E-state index contributed by atoms with van der Waals surface area (Å²) < 4.78 is 10.6. The van der Waals surface area contributed by atoms with E-state index in [0.717, 1.165) is 6.54 Å². The number of ether oxygens (including phenoxy) is 2. The van der Waals surface area contributed by atoms with E-state index in [0.29, 0.717) is 35.6 Å². The minimum atomic E-state index is -0.719. The molecule has 0 bridgehead atoms. The second-order valence-corrected chi connectivity index (χ2v) is 7.51. The van der Waals surface area contributed by atoms with Gasteiger partial charge in [-0.2, -0.15) is 0 Å². The average molecular weight is 425 g/mol. The number of aliphatic hydroxyl groups excluding tert-OH is 1. The van der Waals surface area contributed by atoms with Gasteiger partial charge in [0.15, 0.2) is 11.5 Å². The first-order valence-electron chi connectivity index (χ1n) is 9.94. The zero-order chi connectivity index (χ0) is 22.5. The number of amides is 1. The fourth-order valence-corrected chi connectivity index (χ4v) is 3.69. The Morgan fingerprint density at radius 2 is 1.90 bits per heavy atom. The Labute approximate surface area is 181 Å². The Morgan fingerprint density at radius 1 is 1.16 bits per heavy atom. The predicted molar refractivity (Wildman–Crippen MR) is 116 cm³/mol. The summed E-state index contributed by atoms with van der Waals surface area (Å²) in [6.07, 6.45) is 3.92. The molecule has 0 saturated carbocycles. The highest BCUT2D eigenvalue weighted by molar-refractivity contribution is 6.46. The number of rotatable bonds is 8. The van der Waals surface area contributed by atoms with Crippen molar-refractivity contribution in [2.45, 2.75) is 12.5 Å². The van der Waals surface area contributed by atoms with Gasteiger partial charge in [-0.3, -0.25) is 14.6 Å². The molecule has 2 heterocycles. The molecule has 1 amide bonds. The summed E-state index contributed by atoms with van der Waals surface area (Å²) in [5.74, 6) is -0.708.